The van der Waals surface area contributed by atoms with E-state index in [2.05, 4.69) is 10.3 Å². The van der Waals surface area contributed by atoms with Crippen molar-refractivity contribution in [1.29, 1.82) is 0 Å². The van der Waals surface area contributed by atoms with Crippen molar-refractivity contribution in [3.8, 4) is 0 Å². The molecule has 17 heavy (non-hydrogen) atoms. The van der Waals surface area contributed by atoms with Gasteiger partial charge in [-0.3, -0.25) is 4.79 Å². The molecular weight excluding hydrogens is 218 g/mol. The average Bonchev–Trinajstić information content (AvgIpc) is 2.29. The maximum absolute atomic E-state index is 12.0. The minimum Gasteiger partial charge on any atom is -0.383 e. The second-order valence-corrected chi connectivity index (χ2v) is 4.31. The van der Waals surface area contributed by atoms with Crippen LogP contribution in [-0.2, 0) is 4.74 Å². The summed E-state index contributed by atoms with van der Waals surface area (Å²) in [7, 11) is 0. The maximum atomic E-state index is 12.0. The number of anilines is 1. The number of hydrogen-bond acceptors (Lipinski definition) is 4. The zero-order valence-electron chi connectivity index (χ0n) is 9.85. The quantitative estimate of drug-likeness (QED) is 0.800. The Bertz CT molecular complexity index is 408. The van der Waals surface area contributed by atoms with Crippen molar-refractivity contribution in [3.05, 3.63) is 23.9 Å². The highest BCUT2D eigenvalue weighted by Gasteiger charge is 2.22. The number of carbonyl (C=O) groups excluding carboxylic acids is 1. The number of amides is 1. The molecule has 0 radical (unpaired) electrons. The lowest BCUT2D eigenvalue weighted by atomic mass is 10.0. The third-order valence-corrected chi connectivity index (χ3v) is 2.90. The van der Waals surface area contributed by atoms with E-state index in [0.29, 0.717) is 12.2 Å². The highest BCUT2D eigenvalue weighted by molar-refractivity contribution is 5.98. The van der Waals surface area contributed by atoms with E-state index in [0.717, 1.165) is 12.8 Å². The molecule has 0 aliphatic carbocycles. The first-order valence-electron chi connectivity index (χ1n) is 5.80. The van der Waals surface area contributed by atoms with Crippen LogP contribution in [0.5, 0.6) is 0 Å². The molecule has 2 rings (SSSR count). The number of nitrogen functional groups attached to an aromatic ring is 1. The number of nitrogens with one attached hydrogen (secondary N) is 1. The SMILES string of the molecule is CC1CC(NC(=O)c2cccnc2N)CCO1. The molecule has 5 heteroatoms. The average molecular weight is 235 g/mol. The normalized spacial score (nSPS) is 24.3. The Kier molecular flexibility index (Phi) is 3.58. The third-order valence-electron chi connectivity index (χ3n) is 2.90. The van der Waals surface area contributed by atoms with Gasteiger partial charge in [-0.25, -0.2) is 4.98 Å². The molecule has 0 spiro atoms. The molecule has 0 aromatic carbocycles. The van der Waals surface area contributed by atoms with Crippen molar-refractivity contribution < 1.29 is 9.53 Å². The number of aromatic nitrogens is 1. The molecule has 1 aromatic rings. The fourth-order valence-electron chi connectivity index (χ4n) is 2.00. The van der Waals surface area contributed by atoms with Crippen LogP contribution in [-0.4, -0.2) is 29.6 Å². The fourth-order valence-corrected chi connectivity index (χ4v) is 2.00. The molecule has 2 heterocycles. The van der Waals surface area contributed by atoms with Gasteiger partial charge in [-0.15, -0.1) is 0 Å². The van der Waals surface area contributed by atoms with Crippen LogP contribution in [0.25, 0.3) is 0 Å². The predicted octanol–water partition coefficient (Wildman–Crippen LogP) is 0.961. The largest absolute Gasteiger partial charge is 0.383 e. The van der Waals surface area contributed by atoms with Crippen LogP contribution in [0.15, 0.2) is 18.3 Å². The van der Waals surface area contributed by atoms with Gasteiger partial charge in [0.05, 0.1) is 11.7 Å². The van der Waals surface area contributed by atoms with Gasteiger partial charge in [-0.2, -0.15) is 0 Å². The van der Waals surface area contributed by atoms with Crippen LogP contribution in [0.1, 0.15) is 30.1 Å². The molecule has 3 N–H and O–H groups in total. The van der Waals surface area contributed by atoms with Crippen LogP contribution in [0.3, 0.4) is 0 Å². The monoisotopic (exact) mass is 235 g/mol. The summed E-state index contributed by atoms with van der Waals surface area (Å²) >= 11 is 0. The highest BCUT2D eigenvalue weighted by atomic mass is 16.5. The smallest absolute Gasteiger partial charge is 0.255 e. The minimum atomic E-state index is -0.158. The van der Waals surface area contributed by atoms with Crippen LogP contribution < -0.4 is 11.1 Å². The molecule has 2 atom stereocenters. The molecule has 1 amide bonds. The standard InChI is InChI=1S/C12H17N3O2/c1-8-7-9(4-6-17-8)15-12(16)10-3-2-5-14-11(10)13/h2-3,5,8-9H,4,6-7H2,1H3,(H2,13,14)(H,15,16). The van der Waals surface area contributed by atoms with E-state index in [1.54, 1.807) is 18.3 Å². The Morgan fingerprint density at radius 2 is 2.47 bits per heavy atom. The van der Waals surface area contributed by atoms with Crippen molar-refractivity contribution >= 4 is 11.7 Å². The summed E-state index contributed by atoms with van der Waals surface area (Å²) in [6, 6.07) is 3.55. The third kappa shape index (κ3) is 2.94. The van der Waals surface area contributed by atoms with Gasteiger partial charge in [0, 0.05) is 18.8 Å². The summed E-state index contributed by atoms with van der Waals surface area (Å²) in [5.74, 6) is 0.111. The number of carbonyl (C=O) groups is 1. The van der Waals surface area contributed by atoms with Crippen LogP contribution in [0.2, 0.25) is 0 Å². The Balaban J connectivity index is 1.99. The lowest BCUT2D eigenvalue weighted by Crippen LogP contribution is -2.41. The molecule has 1 aliphatic heterocycles. The summed E-state index contributed by atoms with van der Waals surface area (Å²) < 4.78 is 5.43. The summed E-state index contributed by atoms with van der Waals surface area (Å²) in [6.45, 7) is 2.70. The number of nitrogens with two attached hydrogens (primary N) is 1. The van der Waals surface area contributed by atoms with Crippen LogP contribution in [0, 0.1) is 0 Å². The summed E-state index contributed by atoms with van der Waals surface area (Å²) in [4.78, 5) is 15.9. The lowest BCUT2D eigenvalue weighted by molar-refractivity contribution is 0.0137. The van der Waals surface area contributed by atoms with E-state index >= 15 is 0 Å². The zero-order valence-corrected chi connectivity index (χ0v) is 9.85. The lowest BCUT2D eigenvalue weighted by Gasteiger charge is -2.28. The van der Waals surface area contributed by atoms with Crippen molar-refractivity contribution in [1.82, 2.24) is 10.3 Å². The van der Waals surface area contributed by atoms with Crippen molar-refractivity contribution in [2.75, 3.05) is 12.3 Å². The highest BCUT2D eigenvalue weighted by Crippen LogP contribution is 2.14. The van der Waals surface area contributed by atoms with Crippen LogP contribution >= 0.6 is 0 Å². The molecule has 1 aliphatic rings. The first-order valence-corrected chi connectivity index (χ1v) is 5.80. The van der Waals surface area contributed by atoms with Gasteiger partial charge in [0.1, 0.15) is 5.82 Å². The molecule has 2 unspecified atom stereocenters. The minimum absolute atomic E-state index is 0.158. The number of pyridine rings is 1. The number of ether oxygens (including phenoxy) is 1. The molecule has 1 saturated heterocycles. The van der Waals surface area contributed by atoms with Gasteiger partial charge in [-0.05, 0) is 31.9 Å². The molecule has 5 nitrogen and oxygen atoms in total. The summed E-state index contributed by atoms with van der Waals surface area (Å²) in [6.07, 6.45) is 3.45. The molecule has 1 fully saturated rings. The molecule has 0 saturated carbocycles. The van der Waals surface area contributed by atoms with Gasteiger partial charge in [0.15, 0.2) is 0 Å². The summed E-state index contributed by atoms with van der Waals surface area (Å²) in [5.41, 5.74) is 6.09. The Hall–Kier alpha value is -1.62. The summed E-state index contributed by atoms with van der Waals surface area (Å²) in [5, 5.41) is 2.97. The van der Waals surface area contributed by atoms with Gasteiger partial charge in [-0.1, -0.05) is 0 Å². The van der Waals surface area contributed by atoms with E-state index in [4.69, 9.17) is 10.5 Å². The zero-order chi connectivity index (χ0) is 12.3. The van der Waals surface area contributed by atoms with Crippen molar-refractivity contribution in [2.45, 2.75) is 31.9 Å². The van der Waals surface area contributed by atoms with Gasteiger partial charge in [0.2, 0.25) is 0 Å². The van der Waals surface area contributed by atoms with E-state index < -0.39 is 0 Å². The fraction of sp³-hybridized carbons (Fsp3) is 0.500. The van der Waals surface area contributed by atoms with Crippen LogP contribution in [0.4, 0.5) is 5.82 Å². The molecule has 1 aromatic heterocycles. The van der Waals surface area contributed by atoms with E-state index in [1.165, 1.54) is 0 Å². The predicted molar refractivity (Wildman–Crippen MR) is 64.6 cm³/mol. The number of rotatable bonds is 2. The van der Waals surface area contributed by atoms with Gasteiger partial charge >= 0.3 is 0 Å². The maximum Gasteiger partial charge on any atom is 0.255 e. The Morgan fingerprint density at radius 3 is 3.18 bits per heavy atom. The Labute approximate surface area is 100 Å². The van der Waals surface area contributed by atoms with Crippen molar-refractivity contribution in [2.24, 2.45) is 0 Å². The number of hydrogen-bond donors (Lipinski definition) is 2. The van der Waals surface area contributed by atoms with E-state index in [1.807, 2.05) is 6.92 Å². The first kappa shape index (κ1) is 11.9. The number of nitrogens with zero attached hydrogens (tertiary/aromatic N) is 1. The van der Waals surface area contributed by atoms with Gasteiger partial charge in [0.25, 0.3) is 5.91 Å². The second-order valence-electron chi connectivity index (χ2n) is 4.31. The molecular formula is C12H17N3O2. The Morgan fingerprint density at radius 1 is 1.65 bits per heavy atom. The first-order chi connectivity index (χ1) is 8.16. The van der Waals surface area contributed by atoms with E-state index in [-0.39, 0.29) is 23.9 Å². The van der Waals surface area contributed by atoms with Gasteiger partial charge < -0.3 is 15.8 Å². The second kappa shape index (κ2) is 5.14. The van der Waals surface area contributed by atoms with Crippen molar-refractivity contribution in [3.63, 3.8) is 0 Å². The molecule has 0 bridgehead atoms. The van der Waals surface area contributed by atoms with E-state index in [9.17, 15) is 4.79 Å². The molecule has 92 valence electrons. The topological polar surface area (TPSA) is 77.2 Å².